The van der Waals surface area contributed by atoms with Crippen LogP contribution in [0.3, 0.4) is 0 Å². The summed E-state index contributed by atoms with van der Waals surface area (Å²) in [5, 5.41) is 4.25. The Morgan fingerprint density at radius 1 is 1.13 bits per heavy atom. The monoisotopic (exact) mass is 628 g/mol. The van der Waals surface area contributed by atoms with Crippen molar-refractivity contribution < 1.29 is 37.3 Å². The van der Waals surface area contributed by atoms with E-state index in [1.54, 1.807) is 24.3 Å². The second-order valence-electron chi connectivity index (χ2n) is 11.6. The number of nitrogens with zero attached hydrogens (tertiary/aromatic N) is 3. The van der Waals surface area contributed by atoms with Gasteiger partial charge in [0.15, 0.2) is 0 Å². The fourth-order valence-corrected chi connectivity index (χ4v) is 6.10. The molecular formula is C33H42F2N4O6. The molecule has 5 rings (SSSR count). The van der Waals surface area contributed by atoms with Crippen LogP contribution in [0.25, 0.3) is 10.9 Å². The molecule has 0 radical (unpaired) electrons. The van der Waals surface area contributed by atoms with E-state index in [1.165, 1.54) is 11.7 Å². The molecule has 2 saturated heterocycles. The molecule has 2 aliphatic rings. The van der Waals surface area contributed by atoms with E-state index in [4.69, 9.17) is 18.9 Å². The molecule has 0 bridgehead atoms. The van der Waals surface area contributed by atoms with Crippen molar-refractivity contribution in [3.63, 3.8) is 0 Å². The molecule has 0 unspecified atom stereocenters. The molecule has 45 heavy (non-hydrogen) atoms. The van der Waals surface area contributed by atoms with E-state index in [-0.39, 0.29) is 18.6 Å². The molecule has 1 atom stereocenters. The third-order valence-corrected chi connectivity index (χ3v) is 8.53. The lowest BCUT2D eigenvalue weighted by molar-refractivity contribution is 0.0209. The first-order chi connectivity index (χ1) is 21.7. The van der Waals surface area contributed by atoms with Crippen molar-refractivity contribution in [3.8, 4) is 5.75 Å². The Labute approximate surface area is 262 Å². The Balaban J connectivity index is 1.52. The molecule has 3 aromatic rings. The minimum atomic E-state index is -2.46. The second-order valence-corrected chi connectivity index (χ2v) is 11.6. The molecule has 12 heteroatoms. The average molecular weight is 629 g/mol. The Kier molecular flexibility index (Phi) is 10.6. The van der Waals surface area contributed by atoms with Crippen LogP contribution < -0.4 is 10.1 Å². The fraction of sp³-hybridized carbons (Fsp3) is 0.515. The number of piperazine rings is 1. The average Bonchev–Trinajstić information content (AvgIpc) is 3.46. The van der Waals surface area contributed by atoms with E-state index < -0.39 is 18.5 Å². The molecule has 3 heterocycles. The summed E-state index contributed by atoms with van der Waals surface area (Å²) < 4.78 is 50.3. The van der Waals surface area contributed by atoms with Gasteiger partial charge in [-0.15, -0.1) is 0 Å². The van der Waals surface area contributed by atoms with Crippen LogP contribution in [0.1, 0.15) is 52.9 Å². The van der Waals surface area contributed by atoms with Crippen LogP contribution in [0.5, 0.6) is 5.75 Å². The molecule has 0 saturated carbocycles. The van der Waals surface area contributed by atoms with Gasteiger partial charge in [-0.25, -0.2) is 18.4 Å². The highest BCUT2D eigenvalue weighted by atomic mass is 19.3. The molecule has 1 aromatic heterocycles. The van der Waals surface area contributed by atoms with Gasteiger partial charge in [-0.2, -0.15) is 0 Å². The number of nitrogens with one attached hydrogen (secondary N) is 1. The summed E-state index contributed by atoms with van der Waals surface area (Å²) in [5.41, 5.74) is 4.40. The zero-order valence-corrected chi connectivity index (χ0v) is 26.3. The number of rotatable bonds is 12. The van der Waals surface area contributed by atoms with Gasteiger partial charge in [0.2, 0.25) is 0 Å². The van der Waals surface area contributed by atoms with Crippen LogP contribution in [0.2, 0.25) is 0 Å². The van der Waals surface area contributed by atoms with Crippen LogP contribution in [0.15, 0.2) is 36.5 Å². The number of aromatic nitrogens is 1. The van der Waals surface area contributed by atoms with Gasteiger partial charge in [0, 0.05) is 55.1 Å². The zero-order valence-electron chi connectivity index (χ0n) is 26.3. The Morgan fingerprint density at radius 3 is 2.60 bits per heavy atom. The van der Waals surface area contributed by atoms with Crippen LogP contribution in [0, 0.1) is 6.92 Å². The van der Waals surface area contributed by atoms with E-state index in [0.29, 0.717) is 63.0 Å². The fourth-order valence-electron chi connectivity index (χ4n) is 6.10. The number of alkyl halides is 2. The zero-order chi connectivity index (χ0) is 32.1. The van der Waals surface area contributed by atoms with Crippen LogP contribution in [-0.2, 0) is 20.8 Å². The Hall–Kier alpha value is -3.74. The second kappa shape index (κ2) is 14.6. The summed E-state index contributed by atoms with van der Waals surface area (Å²) in [7, 11) is 2.96. The Bertz CT molecular complexity index is 1510. The first kappa shape index (κ1) is 32.6. The van der Waals surface area contributed by atoms with Crippen molar-refractivity contribution in [2.24, 2.45) is 0 Å². The molecule has 2 aliphatic heterocycles. The first-order valence-electron chi connectivity index (χ1n) is 15.4. The van der Waals surface area contributed by atoms with Gasteiger partial charge in [-0.3, -0.25) is 14.4 Å². The number of carbonyl (C=O) groups is 2. The number of methoxy groups -OCH3 is 2. The number of hydrogen-bond donors (Lipinski definition) is 1. The van der Waals surface area contributed by atoms with Crippen molar-refractivity contribution in [1.29, 1.82) is 0 Å². The lowest BCUT2D eigenvalue weighted by Gasteiger charge is -2.42. The van der Waals surface area contributed by atoms with Crippen LogP contribution in [0.4, 0.5) is 19.3 Å². The molecule has 0 amide bonds. The number of ether oxygens (including phenoxy) is 4. The molecule has 2 fully saturated rings. The largest absolute Gasteiger partial charge is 0.496 e. The maximum absolute atomic E-state index is 13.5. The number of anilines is 1. The molecule has 244 valence electrons. The van der Waals surface area contributed by atoms with Crippen molar-refractivity contribution >= 4 is 28.7 Å². The SMILES string of the molecule is CCCCOC(=O)n1ccc2c(CN3CCN(CC(F)F)C[C@@H]3c3ccc(C(=O)OC)c(NC4COC4)c3)c(OC)cc(C)c21. The maximum Gasteiger partial charge on any atom is 0.418 e. The molecule has 0 spiro atoms. The summed E-state index contributed by atoms with van der Waals surface area (Å²) in [6, 6.07) is 9.11. The van der Waals surface area contributed by atoms with Gasteiger partial charge in [0.05, 0.1) is 57.7 Å². The highest BCUT2D eigenvalue weighted by Gasteiger charge is 2.32. The van der Waals surface area contributed by atoms with Gasteiger partial charge in [0.25, 0.3) is 6.43 Å². The number of carbonyl (C=O) groups excluding carboxylic acids is 2. The van der Waals surface area contributed by atoms with Crippen molar-refractivity contribution in [1.82, 2.24) is 14.4 Å². The predicted molar refractivity (Wildman–Crippen MR) is 166 cm³/mol. The number of unbranched alkanes of at least 4 members (excludes halogenated alkanes) is 1. The van der Waals surface area contributed by atoms with E-state index in [2.05, 4.69) is 10.2 Å². The van der Waals surface area contributed by atoms with Gasteiger partial charge in [-0.05, 0) is 48.7 Å². The number of esters is 1. The van der Waals surface area contributed by atoms with Crippen molar-refractivity contribution in [3.05, 3.63) is 58.8 Å². The number of fused-ring (bicyclic) bond motifs is 1. The van der Waals surface area contributed by atoms with Crippen LogP contribution >= 0.6 is 0 Å². The Morgan fingerprint density at radius 2 is 1.93 bits per heavy atom. The maximum atomic E-state index is 13.5. The summed E-state index contributed by atoms with van der Waals surface area (Å²) in [6.07, 6.45) is 0.542. The molecule has 0 aliphatic carbocycles. The highest BCUT2D eigenvalue weighted by molar-refractivity contribution is 5.96. The van der Waals surface area contributed by atoms with E-state index in [0.717, 1.165) is 40.4 Å². The lowest BCUT2D eigenvalue weighted by Crippen LogP contribution is -2.49. The number of halogens is 2. The van der Waals surface area contributed by atoms with Gasteiger partial charge in [-0.1, -0.05) is 19.4 Å². The molecule has 10 nitrogen and oxygen atoms in total. The summed E-state index contributed by atoms with van der Waals surface area (Å²) >= 11 is 0. The molecule has 2 aromatic carbocycles. The quantitative estimate of drug-likeness (QED) is 0.207. The number of aryl methyl sites for hydroxylation is 1. The third kappa shape index (κ3) is 7.23. The van der Waals surface area contributed by atoms with Gasteiger partial charge < -0.3 is 24.3 Å². The first-order valence-corrected chi connectivity index (χ1v) is 15.4. The van der Waals surface area contributed by atoms with Crippen LogP contribution in [-0.4, -0.2) is 99.1 Å². The minimum Gasteiger partial charge on any atom is -0.496 e. The molecular weight excluding hydrogens is 586 g/mol. The number of benzene rings is 2. The van der Waals surface area contributed by atoms with Crippen molar-refractivity contribution in [2.45, 2.75) is 51.7 Å². The third-order valence-electron chi connectivity index (χ3n) is 8.53. The summed E-state index contributed by atoms with van der Waals surface area (Å²) in [5.74, 6) is 0.216. The summed E-state index contributed by atoms with van der Waals surface area (Å²) in [4.78, 5) is 29.6. The van der Waals surface area contributed by atoms with Gasteiger partial charge in [0.1, 0.15) is 5.75 Å². The van der Waals surface area contributed by atoms with E-state index in [1.807, 2.05) is 38.1 Å². The topological polar surface area (TPSA) is 94.5 Å². The van der Waals surface area contributed by atoms with E-state index >= 15 is 0 Å². The minimum absolute atomic E-state index is 0.0595. The number of hydrogen-bond acceptors (Lipinski definition) is 9. The molecule has 1 N–H and O–H groups in total. The van der Waals surface area contributed by atoms with Crippen molar-refractivity contribution in [2.75, 3.05) is 65.5 Å². The summed E-state index contributed by atoms with van der Waals surface area (Å²) in [6.45, 7) is 6.85. The normalized spacial score (nSPS) is 17.8. The standard InChI is InChI=1S/C33H42F2N4O6/c1-5-6-13-45-33(41)39-10-9-24-26(29(42-3)14-21(2)31(24)39)16-38-12-11-37(18-30(34)35)17-28(38)22-7-8-25(32(40)43-4)27(15-22)36-23-19-44-20-23/h7-10,14-15,23,28,30,36H,5-6,11-13,16-20H2,1-4H3/t28-/m1/s1. The lowest BCUT2D eigenvalue weighted by atomic mass is 9.97. The van der Waals surface area contributed by atoms with E-state index in [9.17, 15) is 18.4 Å². The highest BCUT2D eigenvalue weighted by Crippen LogP contribution is 2.37. The smallest absolute Gasteiger partial charge is 0.418 e. The predicted octanol–water partition coefficient (Wildman–Crippen LogP) is 5.46. The van der Waals surface area contributed by atoms with Gasteiger partial charge >= 0.3 is 12.1 Å².